The van der Waals surface area contributed by atoms with E-state index in [1.807, 2.05) is 70.2 Å². The summed E-state index contributed by atoms with van der Waals surface area (Å²) in [6.07, 6.45) is 0.809. The standard InChI is InChI=1S/C21H27NO3/c1-5-18(22)16-11-12-17(20(23)25-21(2,3)4)19(13-16)24-14-15-9-7-6-8-10-15/h6-13,18H,5,14,22H2,1-4H3. The number of esters is 1. The molecule has 0 spiro atoms. The SMILES string of the molecule is CCC(N)c1ccc(C(=O)OC(C)(C)C)c(OCc2ccccc2)c1. The molecule has 0 aliphatic carbocycles. The van der Waals surface area contributed by atoms with Crippen LogP contribution in [0, 0.1) is 0 Å². The number of nitrogens with two attached hydrogens (primary N) is 1. The van der Waals surface area contributed by atoms with Crippen molar-refractivity contribution < 1.29 is 14.3 Å². The van der Waals surface area contributed by atoms with Crippen LogP contribution in [-0.4, -0.2) is 11.6 Å². The molecule has 1 unspecified atom stereocenters. The van der Waals surface area contributed by atoms with Crippen LogP contribution in [0.15, 0.2) is 48.5 Å². The van der Waals surface area contributed by atoms with Crippen molar-refractivity contribution in [2.24, 2.45) is 5.73 Å². The molecule has 0 aromatic heterocycles. The van der Waals surface area contributed by atoms with Crippen molar-refractivity contribution in [1.82, 2.24) is 0 Å². The Bertz CT molecular complexity index is 705. The van der Waals surface area contributed by atoms with E-state index in [4.69, 9.17) is 15.2 Å². The van der Waals surface area contributed by atoms with Crippen LogP contribution in [0.25, 0.3) is 0 Å². The fourth-order valence-corrected chi connectivity index (χ4v) is 2.36. The van der Waals surface area contributed by atoms with Crippen LogP contribution in [0.1, 0.15) is 61.6 Å². The summed E-state index contributed by atoms with van der Waals surface area (Å²) in [6.45, 7) is 7.93. The number of ether oxygens (including phenoxy) is 2. The van der Waals surface area contributed by atoms with Gasteiger partial charge in [-0.3, -0.25) is 0 Å². The Morgan fingerprint density at radius 1 is 1.12 bits per heavy atom. The number of carbonyl (C=O) groups is 1. The average molecular weight is 341 g/mol. The normalized spacial score (nSPS) is 12.5. The molecule has 2 aromatic rings. The summed E-state index contributed by atoms with van der Waals surface area (Å²) in [5, 5.41) is 0. The van der Waals surface area contributed by atoms with Gasteiger partial charge in [-0.15, -0.1) is 0 Å². The number of hydrogen-bond donors (Lipinski definition) is 1. The molecule has 2 aromatic carbocycles. The highest BCUT2D eigenvalue weighted by Gasteiger charge is 2.22. The third-order valence-corrected chi connectivity index (χ3v) is 3.73. The molecule has 0 saturated carbocycles. The molecule has 25 heavy (non-hydrogen) atoms. The highest BCUT2D eigenvalue weighted by atomic mass is 16.6. The molecule has 0 bridgehead atoms. The van der Waals surface area contributed by atoms with Gasteiger partial charge in [0.25, 0.3) is 0 Å². The summed E-state index contributed by atoms with van der Waals surface area (Å²) in [5.74, 6) is 0.103. The summed E-state index contributed by atoms with van der Waals surface area (Å²) in [6, 6.07) is 15.2. The molecule has 2 rings (SSSR count). The van der Waals surface area contributed by atoms with Gasteiger partial charge in [-0.05, 0) is 50.5 Å². The Morgan fingerprint density at radius 2 is 1.80 bits per heavy atom. The first-order valence-electron chi connectivity index (χ1n) is 8.59. The molecule has 2 N–H and O–H groups in total. The number of rotatable bonds is 6. The van der Waals surface area contributed by atoms with Crippen LogP contribution < -0.4 is 10.5 Å². The lowest BCUT2D eigenvalue weighted by Gasteiger charge is -2.21. The van der Waals surface area contributed by atoms with Gasteiger partial charge in [0.05, 0.1) is 0 Å². The quantitative estimate of drug-likeness (QED) is 0.778. The van der Waals surface area contributed by atoms with Gasteiger partial charge >= 0.3 is 5.97 Å². The topological polar surface area (TPSA) is 61.6 Å². The molecule has 0 aliphatic heterocycles. The third kappa shape index (κ3) is 5.61. The van der Waals surface area contributed by atoms with E-state index in [2.05, 4.69) is 0 Å². The molecule has 0 fully saturated rings. The zero-order valence-electron chi connectivity index (χ0n) is 15.4. The highest BCUT2D eigenvalue weighted by Crippen LogP contribution is 2.27. The lowest BCUT2D eigenvalue weighted by atomic mass is 10.0. The van der Waals surface area contributed by atoms with Crippen molar-refractivity contribution in [3.05, 3.63) is 65.2 Å². The Hall–Kier alpha value is -2.33. The maximum absolute atomic E-state index is 12.5. The minimum atomic E-state index is -0.563. The molecule has 1 atom stereocenters. The molecule has 4 heteroatoms. The fraction of sp³-hybridized carbons (Fsp3) is 0.381. The van der Waals surface area contributed by atoms with Crippen molar-refractivity contribution in [3.63, 3.8) is 0 Å². The van der Waals surface area contributed by atoms with Crippen molar-refractivity contribution in [1.29, 1.82) is 0 Å². The Morgan fingerprint density at radius 3 is 2.40 bits per heavy atom. The Kier molecular flexibility index (Phi) is 6.21. The minimum Gasteiger partial charge on any atom is -0.488 e. The first-order chi connectivity index (χ1) is 11.8. The van der Waals surface area contributed by atoms with Crippen molar-refractivity contribution in [3.8, 4) is 5.75 Å². The summed E-state index contributed by atoms with van der Waals surface area (Å²) < 4.78 is 11.4. The highest BCUT2D eigenvalue weighted by molar-refractivity contribution is 5.93. The van der Waals surface area contributed by atoms with E-state index >= 15 is 0 Å². The van der Waals surface area contributed by atoms with Gasteiger partial charge < -0.3 is 15.2 Å². The van der Waals surface area contributed by atoms with E-state index in [1.165, 1.54) is 0 Å². The van der Waals surface area contributed by atoms with Crippen LogP contribution >= 0.6 is 0 Å². The fourth-order valence-electron chi connectivity index (χ4n) is 2.36. The predicted molar refractivity (Wildman–Crippen MR) is 99.6 cm³/mol. The minimum absolute atomic E-state index is 0.0910. The van der Waals surface area contributed by atoms with Gasteiger partial charge in [0.1, 0.15) is 23.5 Å². The molecular formula is C21H27NO3. The van der Waals surface area contributed by atoms with Crippen molar-refractivity contribution in [2.75, 3.05) is 0 Å². The van der Waals surface area contributed by atoms with Crippen LogP contribution in [0.2, 0.25) is 0 Å². The average Bonchev–Trinajstić information content (AvgIpc) is 2.58. The summed E-state index contributed by atoms with van der Waals surface area (Å²) >= 11 is 0. The zero-order valence-corrected chi connectivity index (χ0v) is 15.4. The molecule has 134 valence electrons. The van der Waals surface area contributed by atoms with E-state index in [1.54, 1.807) is 6.07 Å². The van der Waals surface area contributed by atoms with Gasteiger partial charge in [-0.25, -0.2) is 4.79 Å². The van der Waals surface area contributed by atoms with Crippen LogP contribution in [0.5, 0.6) is 5.75 Å². The zero-order chi connectivity index (χ0) is 18.4. The first-order valence-corrected chi connectivity index (χ1v) is 8.59. The summed E-state index contributed by atoms with van der Waals surface area (Å²) in [7, 11) is 0. The second-order valence-electron chi connectivity index (χ2n) is 7.05. The maximum Gasteiger partial charge on any atom is 0.342 e. The lowest BCUT2D eigenvalue weighted by Crippen LogP contribution is -2.24. The Labute approximate surface area is 150 Å². The molecule has 0 aliphatic rings. The van der Waals surface area contributed by atoms with Gasteiger partial charge in [-0.2, -0.15) is 0 Å². The molecule has 4 nitrogen and oxygen atoms in total. The largest absolute Gasteiger partial charge is 0.488 e. The van der Waals surface area contributed by atoms with Crippen LogP contribution in [0.3, 0.4) is 0 Å². The smallest absolute Gasteiger partial charge is 0.342 e. The Balaban J connectivity index is 2.29. The van der Waals surface area contributed by atoms with E-state index in [9.17, 15) is 4.79 Å². The maximum atomic E-state index is 12.5. The van der Waals surface area contributed by atoms with Crippen molar-refractivity contribution in [2.45, 2.75) is 52.4 Å². The van der Waals surface area contributed by atoms with Gasteiger partial charge in [0, 0.05) is 6.04 Å². The van der Waals surface area contributed by atoms with E-state index in [0.29, 0.717) is 17.9 Å². The number of carbonyl (C=O) groups excluding carboxylic acids is 1. The molecule has 0 saturated heterocycles. The second-order valence-corrected chi connectivity index (χ2v) is 7.05. The van der Waals surface area contributed by atoms with E-state index < -0.39 is 11.6 Å². The molecular weight excluding hydrogens is 314 g/mol. The molecule has 0 amide bonds. The van der Waals surface area contributed by atoms with Gasteiger partial charge in [-0.1, -0.05) is 43.3 Å². The van der Waals surface area contributed by atoms with Crippen LogP contribution in [-0.2, 0) is 11.3 Å². The van der Waals surface area contributed by atoms with Gasteiger partial charge in [0.2, 0.25) is 0 Å². The summed E-state index contributed by atoms with van der Waals surface area (Å²) in [4.78, 5) is 12.5. The lowest BCUT2D eigenvalue weighted by molar-refractivity contribution is 0.00654. The van der Waals surface area contributed by atoms with E-state index in [0.717, 1.165) is 17.5 Å². The second kappa shape index (κ2) is 8.17. The predicted octanol–water partition coefficient (Wildman–Crippen LogP) is 4.63. The number of hydrogen-bond acceptors (Lipinski definition) is 4. The van der Waals surface area contributed by atoms with Crippen molar-refractivity contribution >= 4 is 5.97 Å². The third-order valence-electron chi connectivity index (χ3n) is 3.73. The monoisotopic (exact) mass is 341 g/mol. The first kappa shape index (κ1) is 19.0. The summed E-state index contributed by atoms with van der Waals surface area (Å²) in [5.41, 5.74) is 7.95. The molecule has 0 radical (unpaired) electrons. The van der Waals surface area contributed by atoms with E-state index in [-0.39, 0.29) is 6.04 Å². The molecule has 0 heterocycles. The van der Waals surface area contributed by atoms with Crippen LogP contribution in [0.4, 0.5) is 0 Å². The number of benzene rings is 2. The van der Waals surface area contributed by atoms with Gasteiger partial charge in [0.15, 0.2) is 0 Å².